The molecular formula is C13H15BrIN3. The second-order valence-corrected chi connectivity index (χ2v) is 6.15. The van der Waals surface area contributed by atoms with Gasteiger partial charge in [0.1, 0.15) is 5.82 Å². The summed E-state index contributed by atoms with van der Waals surface area (Å²) in [5.74, 6) is 1.03. The van der Waals surface area contributed by atoms with Crippen LogP contribution in [0.4, 0.5) is 0 Å². The Labute approximate surface area is 129 Å². The van der Waals surface area contributed by atoms with E-state index >= 15 is 0 Å². The van der Waals surface area contributed by atoms with E-state index in [-0.39, 0.29) is 6.04 Å². The molecule has 1 unspecified atom stereocenters. The molecule has 0 aliphatic heterocycles. The second kappa shape index (κ2) is 6.16. The maximum absolute atomic E-state index is 4.46. The van der Waals surface area contributed by atoms with E-state index in [4.69, 9.17) is 0 Å². The molecule has 0 bridgehead atoms. The number of nitrogens with one attached hydrogen (secondary N) is 1. The van der Waals surface area contributed by atoms with Crippen LogP contribution in [0.1, 0.15) is 24.4 Å². The van der Waals surface area contributed by atoms with Crippen LogP contribution in [0.5, 0.6) is 0 Å². The summed E-state index contributed by atoms with van der Waals surface area (Å²) in [5, 5.41) is 3.49. The van der Waals surface area contributed by atoms with E-state index in [1.165, 1.54) is 9.13 Å². The van der Waals surface area contributed by atoms with Crippen molar-refractivity contribution in [2.75, 3.05) is 6.54 Å². The zero-order valence-electron chi connectivity index (χ0n) is 10.3. The number of benzene rings is 1. The van der Waals surface area contributed by atoms with Crippen molar-refractivity contribution in [3.05, 3.63) is 50.0 Å². The number of halogens is 2. The maximum atomic E-state index is 4.46. The summed E-state index contributed by atoms with van der Waals surface area (Å²) in [6, 6.07) is 6.48. The largest absolute Gasteiger partial charge is 0.336 e. The lowest BCUT2D eigenvalue weighted by molar-refractivity contribution is 0.575. The van der Waals surface area contributed by atoms with Gasteiger partial charge in [0, 0.05) is 27.5 Å². The van der Waals surface area contributed by atoms with Gasteiger partial charge in [-0.3, -0.25) is 0 Å². The highest BCUT2D eigenvalue weighted by atomic mass is 127. The third-order valence-electron chi connectivity index (χ3n) is 2.79. The minimum atomic E-state index is 0.110. The summed E-state index contributed by atoms with van der Waals surface area (Å²) in [6.07, 6.45) is 3.81. The number of nitrogens with zero attached hydrogens (tertiary/aromatic N) is 2. The van der Waals surface area contributed by atoms with E-state index in [1.807, 2.05) is 19.4 Å². The maximum Gasteiger partial charge on any atom is 0.130 e. The zero-order chi connectivity index (χ0) is 13.1. The highest BCUT2D eigenvalue weighted by Crippen LogP contribution is 2.29. The van der Waals surface area contributed by atoms with Crippen LogP contribution in [0.15, 0.2) is 35.1 Å². The molecule has 1 atom stereocenters. The molecule has 3 nitrogen and oxygen atoms in total. The number of aromatic nitrogens is 2. The van der Waals surface area contributed by atoms with Crippen LogP contribution < -0.4 is 5.32 Å². The molecule has 5 heteroatoms. The molecule has 0 saturated heterocycles. The van der Waals surface area contributed by atoms with Crippen molar-refractivity contribution in [1.29, 1.82) is 0 Å². The Kier molecular flexibility index (Phi) is 4.80. The Morgan fingerprint density at radius 1 is 1.50 bits per heavy atom. The Morgan fingerprint density at radius 3 is 2.89 bits per heavy atom. The monoisotopic (exact) mass is 419 g/mol. The standard InChI is InChI=1S/C13H15BrIN3/c1-3-16-12(13-17-6-7-18(13)2)10-8-9(15)4-5-11(10)14/h4-8,12,16H,3H2,1-2H3. The Balaban J connectivity index is 2.48. The topological polar surface area (TPSA) is 29.9 Å². The predicted octanol–water partition coefficient (Wildman–Crippen LogP) is 3.49. The van der Waals surface area contributed by atoms with Crippen molar-refractivity contribution < 1.29 is 0 Å². The lowest BCUT2D eigenvalue weighted by atomic mass is 10.1. The van der Waals surface area contributed by atoms with Crippen molar-refractivity contribution in [2.24, 2.45) is 7.05 Å². The average molecular weight is 420 g/mol. The third kappa shape index (κ3) is 2.95. The van der Waals surface area contributed by atoms with Crippen LogP contribution in [0.25, 0.3) is 0 Å². The summed E-state index contributed by atoms with van der Waals surface area (Å²) in [4.78, 5) is 4.46. The first-order valence-corrected chi connectivity index (χ1v) is 7.66. The molecule has 96 valence electrons. The molecule has 1 heterocycles. The van der Waals surface area contributed by atoms with Gasteiger partial charge in [0.15, 0.2) is 0 Å². The fourth-order valence-electron chi connectivity index (χ4n) is 1.94. The van der Waals surface area contributed by atoms with Gasteiger partial charge in [-0.05, 0) is 52.9 Å². The number of rotatable bonds is 4. The molecule has 0 radical (unpaired) electrons. The number of aryl methyl sites for hydroxylation is 1. The van der Waals surface area contributed by atoms with Gasteiger partial charge in [0.05, 0.1) is 6.04 Å². The van der Waals surface area contributed by atoms with Crippen LogP contribution in [0, 0.1) is 3.57 Å². The molecule has 0 aliphatic rings. The van der Waals surface area contributed by atoms with Crippen molar-refractivity contribution in [2.45, 2.75) is 13.0 Å². The van der Waals surface area contributed by atoms with E-state index in [9.17, 15) is 0 Å². The third-order valence-corrected chi connectivity index (χ3v) is 4.19. The Hall–Kier alpha value is -0.400. The molecule has 18 heavy (non-hydrogen) atoms. The van der Waals surface area contributed by atoms with Gasteiger partial charge in [-0.1, -0.05) is 22.9 Å². The van der Waals surface area contributed by atoms with Gasteiger partial charge < -0.3 is 9.88 Å². The molecular weight excluding hydrogens is 405 g/mol. The van der Waals surface area contributed by atoms with Crippen LogP contribution in [0.3, 0.4) is 0 Å². The molecule has 0 spiro atoms. The van der Waals surface area contributed by atoms with Crippen molar-refractivity contribution >= 4 is 38.5 Å². The molecule has 0 saturated carbocycles. The van der Waals surface area contributed by atoms with Crippen molar-refractivity contribution in [3.8, 4) is 0 Å². The summed E-state index contributed by atoms with van der Waals surface area (Å²) in [6.45, 7) is 3.01. The minimum absolute atomic E-state index is 0.110. The summed E-state index contributed by atoms with van der Waals surface area (Å²) in [5.41, 5.74) is 1.22. The molecule has 2 rings (SSSR count). The van der Waals surface area contributed by atoms with E-state index in [2.05, 4.69) is 78.5 Å². The Bertz CT molecular complexity index is 539. The van der Waals surface area contributed by atoms with Gasteiger partial charge in [-0.25, -0.2) is 4.98 Å². The molecule has 0 fully saturated rings. The summed E-state index contributed by atoms with van der Waals surface area (Å²) >= 11 is 5.97. The second-order valence-electron chi connectivity index (χ2n) is 4.05. The zero-order valence-corrected chi connectivity index (χ0v) is 14.1. The Morgan fingerprint density at radius 2 is 2.28 bits per heavy atom. The number of imidazole rings is 1. The average Bonchev–Trinajstić information content (AvgIpc) is 2.76. The van der Waals surface area contributed by atoms with E-state index < -0.39 is 0 Å². The normalized spacial score (nSPS) is 12.7. The highest BCUT2D eigenvalue weighted by molar-refractivity contribution is 14.1. The summed E-state index contributed by atoms with van der Waals surface area (Å²) in [7, 11) is 2.02. The van der Waals surface area contributed by atoms with Crippen LogP contribution in [-0.2, 0) is 7.05 Å². The van der Waals surface area contributed by atoms with Gasteiger partial charge in [-0.2, -0.15) is 0 Å². The van der Waals surface area contributed by atoms with E-state index in [0.29, 0.717) is 0 Å². The van der Waals surface area contributed by atoms with E-state index in [1.54, 1.807) is 0 Å². The molecule has 1 aromatic carbocycles. The minimum Gasteiger partial charge on any atom is -0.336 e. The first kappa shape index (κ1) is 14.0. The molecule has 0 amide bonds. The van der Waals surface area contributed by atoms with Gasteiger partial charge >= 0.3 is 0 Å². The predicted molar refractivity (Wildman–Crippen MR) is 85.6 cm³/mol. The highest BCUT2D eigenvalue weighted by Gasteiger charge is 2.19. The first-order chi connectivity index (χ1) is 8.63. The first-order valence-electron chi connectivity index (χ1n) is 5.79. The van der Waals surface area contributed by atoms with Gasteiger partial charge in [0.2, 0.25) is 0 Å². The molecule has 1 N–H and O–H groups in total. The lowest BCUT2D eigenvalue weighted by Crippen LogP contribution is -2.25. The SMILES string of the molecule is CCNC(c1cc(I)ccc1Br)c1nccn1C. The van der Waals surface area contributed by atoms with Gasteiger partial charge in [0.25, 0.3) is 0 Å². The lowest BCUT2D eigenvalue weighted by Gasteiger charge is -2.19. The summed E-state index contributed by atoms with van der Waals surface area (Å²) < 4.78 is 4.39. The fourth-order valence-corrected chi connectivity index (χ4v) is 2.93. The fraction of sp³-hybridized carbons (Fsp3) is 0.308. The number of hydrogen-bond donors (Lipinski definition) is 1. The molecule has 2 aromatic rings. The van der Waals surface area contributed by atoms with Crippen molar-refractivity contribution in [3.63, 3.8) is 0 Å². The van der Waals surface area contributed by atoms with E-state index in [0.717, 1.165) is 16.8 Å². The molecule has 0 aliphatic carbocycles. The van der Waals surface area contributed by atoms with Crippen LogP contribution >= 0.6 is 38.5 Å². The van der Waals surface area contributed by atoms with Crippen LogP contribution in [0.2, 0.25) is 0 Å². The number of hydrogen-bond acceptors (Lipinski definition) is 2. The van der Waals surface area contributed by atoms with Crippen LogP contribution in [-0.4, -0.2) is 16.1 Å². The van der Waals surface area contributed by atoms with Crippen molar-refractivity contribution in [1.82, 2.24) is 14.9 Å². The molecule has 1 aromatic heterocycles. The quantitative estimate of drug-likeness (QED) is 0.768. The van der Waals surface area contributed by atoms with Gasteiger partial charge in [-0.15, -0.1) is 0 Å². The smallest absolute Gasteiger partial charge is 0.130 e.